The summed E-state index contributed by atoms with van der Waals surface area (Å²) < 4.78 is 11.9. The predicted octanol–water partition coefficient (Wildman–Crippen LogP) is 4.49. The lowest BCUT2D eigenvalue weighted by atomic mass is 9.98. The number of methoxy groups -OCH3 is 1. The number of carbonyl (C=O) groups excluding carboxylic acids is 1. The van der Waals surface area contributed by atoms with Crippen LogP contribution in [-0.2, 0) is 13.0 Å². The molecule has 0 atom stereocenters. The number of likely N-dealkylation sites (N-methyl/N-ethyl adjacent to an activating group) is 1. The van der Waals surface area contributed by atoms with Gasteiger partial charge in [-0.25, -0.2) is 0 Å². The Bertz CT molecular complexity index is 852. The summed E-state index contributed by atoms with van der Waals surface area (Å²) in [6, 6.07) is 9.56. The molecule has 1 N–H and O–H groups in total. The summed E-state index contributed by atoms with van der Waals surface area (Å²) in [5, 5.41) is 3.06. The van der Waals surface area contributed by atoms with E-state index < -0.39 is 0 Å². The molecule has 3 rings (SSSR count). The number of amides is 1. The first-order valence-corrected chi connectivity index (χ1v) is 9.83. The third-order valence-electron chi connectivity index (χ3n) is 4.57. The van der Waals surface area contributed by atoms with Gasteiger partial charge in [0, 0.05) is 24.8 Å². The van der Waals surface area contributed by atoms with Crippen LogP contribution < -0.4 is 14.8 Å². The van der Waals surface area contributed by atoms with E-state index in [4.69, 9.17) is 9.47 Å². The van der Waals surface area contributed by atoms with Gasteiger partial charge in [-0.1, -0.05) is 12.1 Å². The maximum absolute atomic E-state index is 13.0. The standard InChI is InChI=1S/C21H25BrN2O3/c1-13(2)27-20-11-19(26-4)16(10-17(20)22)21(25)23-18-7-5-6-14-12-24(3)9-8-15(14)18/h5-7,10-11,13H,8-9,12H2,1-4H3,(H,23,25). The summed E-state index contributed by atoms with van der Waals surface area (Å²) in [5.74, 6) is 0.936. The Kier molecular flexibility index (Phi) is 6.07. The lowest BCUT2D eigenvalue weighted by molar-refractivity contribution is 0.102. The minimum atomic E-state index is -0.198. The van der Waals surface area contributed by atoms with Crippen LogP contribution in [0.5, 0.6) is 11.5 Å². The number of halogens is 1. The molecule has 0 radical (unpaired) electrons. The van der Waals surface area contributed by atoms with E-state index in [2.05, 4.69) is 39.3 Å². The van der Waals surface area contributed by atoms with Crippen LogP contribution in [0.15, 0.2) is 34.8 Å². The highest BCUT2D eigenvalue weighted by molar-refractivity contribution is 9.10. The Labute approximate surface area is 168 Å². The monoisotopic (exact) mass is 432 g/mol. The number of anilines is 1. The fourth-order valence-electron chi connectivity index (χ4n) is 3.28. The number of hydrogen-bond acceptors (Lipinski definition) is 4. The normalized spacial score (nSPS) is 14.0. The van der Waals surface area contributed by atoms with Gasteiger partial charge in [-0.2, -0.15) is 0 Å². The summed E-state index contributed by atoms with van der Waals surface area (Å²) in [6.07, 6.45) is 0.948. The van der Waals surface area contributed by atoms with Crippen LogP contribution in [0.2, 0.25) is 0 Å². The number of hydrogen-bond donors (Lipinski definition) is 1. The SMILES string of the molecule is COc1cc(OC(C)C)c(Br)cc1C(=O)Nc1cccc2c1CCN(C)C2. The molecule has 2 aromatic rings. The molecular formula is C21H25BrN2O3. The van der Waals surface area contributed by atoms with Crippen molar-refractivity contribution < 1.29 is 14.3 Å². The second-order valence-electron chi connectivity index (χ2n) is 7.03. The first kappa shape index (κ1) is 19.7. The smallest absolute Gasteiger partial charge is 0.259 e. The Hall–Kier alpha value is -2.05. The number of carbonyl (C=O) groups is 1. The number of fused-ring (bicyclic) bond motifs is 1. The van der Waals surface area contributed by atoms with Crippen LogP contribution in [0.4, 0.5) is 5.69 Å². The number of benzene rings is 2. The van der Waals surface area contributed by atoms with Crippen molar-refractivity contribution in [2.75, 3.05) is 26.0 Å². The van der Waals surface area contributed by atoms with E-state index >= 15 is 0 Å². The van der Waals surface area contributed by atoms with E-state index in [1.54, 1.807) is 19.2 Å². The summed E-state index contributed by atoms with van der Waals surface area (Å²) in [7, 11) is 3.66. The summed E-state index contributed by atoms with van der Waals surface area (Å²) in [6.45, 7) is 5.79. The molecule has 0 saturated heterocycles. The van der Waals surface area contributed by atoms with Crippen LogP contribution in [0.3, 0.4) is 0 Å². The molecule has 1 heterocycles. The number of ether oxygens (including phenoxy) is 2. The molecule has 1 aliphatic heterocycles. The molecule has 5 nitrogen and oxygen atoms in total. The number of rotatable bonds is 5. The van der Waals surface area contributed by atoms with Crippen LogP contribution in [0.1, 0.15) is 35.3 Å². The first-order valence-electron chi connectivity index (χ1n) is 9.04. The van der Waals surface area contributed by atoms with Crippen molar-refractivity contribution >= 4 is 27.5 Å². The van der Waals surface area contributed by atoms with Crippen LogP contribution >= 0.6 is 15.9 Å². The van der Waals surface area contributed by atoms with E-state index in [1.165, 1.54) is 11.1 Å². The molecule has 0 fully saturated rings. The average Bonchev–Trinajstić information content (AvgIpc) is 2.62. The maximum atomic E-state index is 13.0. The van der Waals surface area contributed by atoms with Crippen molar-refractivity contribution in [2.45, 2.75) is 32.9 Å². The highest BCUT2D eigenvalue weighted by Crippen LogP contribution is 2.34. The quantitative estimate of drug-likeness (QED) is 0.756. The molecule has 0 bridgehead atoms. The van der Waals surface area contributed by atoms with Gasteiger partial charge in [0.25, 0.3) is 5.91 Å². The molecule has 144 valence electrons. The molecule has 1 aliphatic rings. The van der Waals surface area contributed by atoms with Crippen molar-refractivity contribution in [3.63, 3.8) is 0 Å². The van der Waals surface area contributed by atoms with Crippen molar-refractivity contribution in [3.05, 3.63) is 51.5 Å². The van der Waals surface area contributed by atoms with Gasteiger partial charge >= 0.3 is 0 Å². The molecule has 0 aromatic heterocycles. The molecule has 27 heavy (non-hydrogen) atoms. The highest BCUT2D eigenvalue weighted by atomic mass is 79.9. The van der Waals surface area contributed by atoms with E-state index in [9.17, 15) is 4.79 Å². The summed E-state index contributed by atoms with van der Waals surface area (Å²) in [4.78, 5) is 15.2. The number of nitrogens with one attached hydrogen (secondary N) is 1. The average molecular weight is 433 g/mol. The Morgan fingerprint density at radius 1 is 1.26 bits per heavy atom. The fraction of sp³-hybridized carbons (Fsp3) is 0.381. The predicted molar refractivity (Wildman–Crippen MR) is 111 cm³/mol. The van der Waals surface area contributed by atoms with E-state index in [-0.39, 0.29) is 12.0 Å². The van der Waals surface area contributed by atoms with Gasteiger partial charge in [0.05, 0.1) is 23.2 Å². The highest BCUT2D eigenvalue weighted by Gasteiger charge is 2.21. The Balaban J connectivity index is 1.89. The van der Waals surface area contributed by atoms with Gasteiger partial charge in [0.2, 0.25) is 0 Å². The lowest BCUT2D eigenvalue weighted by Crippen LogP contribution is -2.27. The van der Waals surface area contributed by atoms with Crippen LogP contribution in [0.25, 0.3) is 0 Å². The van der Waals surface area contributed by atoms with Gasteiger partial charge in [0.1, 0.15) is 11.5 Å². The van der Waals surface area contributed by atoms with Crippen molar-refractivity contribution in [1.82, 2.24) is 4.90 Å². The van der Waals surface area contributed by atoms with Crippen molar-refractivity contribution in [2.24, 2.45) is 0 Å². The van der Waals surface area contributed by atoms with E-state index in [0.29, 0.717) is 17.1 Å². The largest absolute Gasteiger partial charge is 0.496 e. The topological polar surface area (TPSA) is 50.8 Å². The zero-order valence-corrected chi connectivity index (χ0v) is 17.7. The first-order chi connectivity index (χ1) is 12.9. The Morgan fingerprint density at radius 3 is 2.74 bits per heavy atom. The van der Waals surface area contributed by atoms with Gasteiger partial charge in [-0.05, 0) is 66.5 Å². The molecule has 0 aliphatic carbocycles. The molecule has 0 saturated carbocycles. The van der Waals surface area contributed by atoms with E-state index in [1.807, 2.05) is 26.0 Å². The molecule has 0 unspecified atom stereocenters. The lowest BCUT2D eigenvalue weighted by Gasteiger charge is -2.27. The van der Waals surface area contributed by atoms with Crippen LogP contribution in [-0.4, -0.2) is 37.6 Å². The maximum Gasteiger partial charge on any atom is 0.259 e. The fourth-order valence-corrected chi connectivity index (χ4v) is 3.72. The second kappa shape index (κ2) is 8.31. The van der Waals surface area contributed by atoms with Gasteiger partial charge in [0.15, 0.2) is 0 Å². The summed E-state index contributed by atoms with van der Waals surface area (Å²) in [5.41, 5.74) is 3.80. The zero-order valence-electron chi connectivity index (χ0n) is 16.1. The minimum Gasteiger partial charge on any atom is -0.496 e. The van der Waals surface area contributed by atoms with Crippen molar-refractivity contribution in [3.8, 4) is 11.5 Å². The zero-order chi connectivity index (χ0) is 19.6. The minimum absolute atomic E-state index is 0.0275. The van der Waals surface area contributed by atoms with Gasteiger partial charge in [-0.15, -0.1) is 0 Å². The van der Waals surface area contributed by atoms with Gasteiger partial charge in [-0.3, -0.25) is 4.79 Å². The summed E-state index contributed by atoms with van der Waals surface area (Å²) >= 11 is 3.49. The molecular weight excluding hydrogens is 408 g/mol. The van der Waals surface area contributed by atoms with Gasteiger partial charge < -0.3 is 19.7 Å². The molecule has 1 amide bonds. The van der Waals surface area contributed by atoms with Crippen molar-refractivity contribution in [1.29, 1.82) is 0 Å². The van der Waals surface area contributed by atoms with E-state index in [0.717, 1.165) is 29.7 Å². The third kappa shape index (κ3) is 4.45. The second-order valence-corrected chi connectivity index (χ2v) is 7.89. The van der Waals surface area contributed by atoms with Crippen LogP contribution in [0, 0.1) is 0 Å². The molecule has 0 spiro atoms. The molecule has 6 heteroatoms. The third-order valence-corrected chi connectivity index (χ3v) is 5.19. The molecule has 2 aromatic carbocycles. The Morgan fingerprint density at radius 2 is 2.04 bits per heavy atom. The number of nitrogens with zero attached hydrogens (tertiary/aromatic N) is 1.